The highest BCUT2D eigenvalue weighted by Gasteiger charge is 2.09. The lowest BCUT2D eigenvalue weighted by Crippen LogP contribution is -1.94. The van der Waals surface area contributed by atoms with E-state index in [1.54, 1.807) is 4.68 Å². The fourth-order valence-electron chi connectivity index (χ4n) is 1.95. The van der Waals surface area contributed by atoms with E-state index in [4.69, 9.17) is 17.3 Å². The molecule has 2 N–H and O–H groups in total. The molecule has 0 radical (unpaired) electrons. The first-order valence-corrected chi connectivity index (χ1v) is 7.17. The average molecular weight is 349 g/mol. The molecular formula is C15H11BrClN3. The number of hydrogen-bond donors (Lipinski definition) is 1. The van der Waals surface area contributed by atoms with Gasteiger partial charge in [-0.25, -0.2) is 4.68 Å². The summed E-state index contributed by atoms with van der Waals surface area (Å²) >= 11 is 9.31. The van der Waals surface area contributed by atoms with Crippen molar-refractivity contribution in [1.29, 1.82) is 0 Å². The van der Waals surface area contributed by atoms with Gasteiger partial charge in [0.15, 0.2) is 0 Å². The highest BCUT2D eigenvalue weighted by molar-refractivity contribution is 9.10. The molecule has 1 aromatic heterocycles. The van der Waals surface area contributed by atoms with Gasteiger partial charge in [0.1, 0.15) is 5.69 Å². The van der Waals surface area contributed by atoms with Crippen molar-refractivity contribution < 1.29 is 0 Å². The smallest absolute Gasteiger partial charge is 0.116 e. The van der Waals surface area contributed by atoms with E-state index in [0.29, 0.717) is 10.7 Å². The van der Waals surface area contributed by atoms with Crippen LogP contribution in [0, 0.1) is 0 Å². The molecule has 0 aliphatic rings. The summed E-state index contributed by atoms with van der Waals surface area (Å²) in [5, 5.41) is 5.24. The Hall–Kier alpha value is -1.78. The number of benzene rings is 2. The van der Waals surface area contributed by atoms with Crippen molar-refractivity contribution in [2.45, 2.75) is 0 Å². The van der Waals surface area contributed by atoms with Crippen LogP contribution in [0.5, 0.6) is 0 Å². The lowest BCUT2D eigenvalue weighted by Gasteiger charge is -2.01. The lowest BCUT2D eigenvalue weighted by molar-refractivity contribution is 0.884. The summed E-state index contributed by atoms with van der Waals surface area (Å²) in [7, 11) is 0. The molecule has 0 saturated carbocycles. The Balaban J connectivity index is 2.02. The van der Waals surface area contributed by atoms with Crippen LogP contribution in [-0.4, -0.2) is 9.78 Å². The third kappa shape index (κ3) is 2.57. The Labute approximate surface area is 130 Å². The number of nitrogens with two attached hydrogens (primary N) is 1. The Kier molecular flexibility index (Phi) is 3.51. The molecule has 3 nitrogen and oxygen atoms in total. The summed E-state index contributed by atoms with van der Waals surface area (Å²) in [5.74, 6) is 0. The summed E-state index contributed by atoms with van der Waals surface area (Å²) in [4.78, 5) is 0. The normalized spacial score (nSPS) is 10.7. The summed E-state index contributed by atoms with van der Waals surface area (Å²) in [6.07, 6.45) is 1.81. The van der Waals surface area contributed by atoms with Gasteiger partial charge >= 0.3 is 0 Å². The van der Waals surface area contributed by atoms with Gasteiger partial charge in [-0.05, 0) is 36.4 Å². The minimum Gasteiger partial charge on any atom is -0.396 e. The van der Waals surface area contributed by atoms with Gasteiger partial charge in [-0.2, -0.15) is 5.10 Å². The topological polar surface area (TPSA) is 43.8 Å². The average Bonchev–Trinajstić information content (AvgIpc) is 2.82. The monoisotopic (exact) mass is 347 g/mol. The van der Waals surface area contributed by atoms with Crippen molar-refractivity contribution >= 4 is 33.2 Å². The third-order valence-corrected chi connectivity index (χ3v) is 3.73. The first-order chi connectivity index (χ1) is 9.63. The lowest BCUT2D eigenvalue weighted by atomic mass is 10.1. The first kappa shape index (κ1) is 13.2. The van der Waals surface area contributed by atoms with Gasteiger partial charge in [-0.1, -0.05) is 39.7 Å². The zero-order chi connectivity index (χ0) is 14.1. The molecule has 0 saturated heterocycles. The third-order valence-electron chi connectivity index (χ3n) is 2.95. The second-order valence-corrected chi connectivity index (χ2v) is 5.71. The maximum Gasteiger partial charge on any atom is 0.116 e. The van der Waals surface area contributed by atoms with Crippen molar-refractivity contribution in [2.75, 3.05) is 5.73 Å². The van der Waals surface area contributed by atoms with Gasteiger partial charge in [0.25, 0.3) is 0 Å². The van der Waals surface area contributed by atoms with Gasteiger partial charge in [-0.3, -0.25) is 0 Å². The number of aromatic nitrogens is 2. The van der Waals surface area contributed by atoms with Gasteiger partial charge in [0, 0.05) is 15.1 Å². The fourth-order valence-corrected chi connectivity index (χ4v) is 2.34. The zero-order valence-electron chi connectivity index (χ0n) is 10.4. The SMILES string of the molecule is Nc1cn(-c2ccc(Br)cc2)nc1-c1ccc(Cl)cc1. The standard InChI is InChI=1S/C15H11BrClN3/c16-11-3-7-13(8-4-11)20-9-14(18)15(19-20)10-1-5-12(17)6-2-10/h1-9H,18H2. The maximum atomic E-state index is 6.05. The molecule has 0 amide bonds. The van der Waals surface area contributed by atoms with E-state index >= 15 is 0 Å². The molecule has 0 fully saturated rings. The minimum absolute atomic E-state index is 0.634. The quantitative estimate of drug-likeness (QED) is 0.739. The van der Waals surface area contributed by atoms with E-state index in [1.807, 2.05) is 54.7 Å². The van der Waals surface area contributed by atoms with Crippen LogP contribution in [0.25, 0.3) is 16.9 Å². The van der Waals surface area contributed by atoms with E-state index < -0.39 is 0 Å². The molecule has 2 aromatic carbocycles. The van der Waals surface area contributed by atoms with Crippen LogP contribution in [0.2, 0.25) is 5.02 Å². The Morgan fingerprint density at radius 2 is 1.65 bits per heavy atom. The molecule has 0 unspecified atom stereocenters. The summed E-state index contributed by atoms with van der Waals surface area (Å²) in [6.45, 7) is 0. The Morgan fingerprint density at radius 1 is 1.00 bits per heavy atom. The molecule has 5 heteroatoms. The van der Waals surface area contributed by atoms with Crippen molar-refractivity contribution in [2.24, 2.45) is 0 Å². The Morgan fingerprint density at radius 3 is 2.30 bits per heavy atom. The van der Waals surface area contributed by atoms with E-state index in [0.717, 1.165) is 21.4 Å². The summed E-state index contributed by atoms with van der Waals surface area (Å²) < 4.78 is 2.80. The van der Waals surface area contributed by atoms with Crippen LogP contribution in [0.1, 0.15) is 0 Å². The van der Waals surface area contributed by atoms with E-state index in [9.17, 15) is 0 Å². The molecular weight excluding hydrogens is 338 g/mol. The molecule has 0 aliphatic heterocycles. The van der Waals surface area contributed by atoms with Crippen LogP contribution in [0.15, 0.2) is 59.2 Å². The second kappa shape index (κ2) is 5.31. The van der Waals surface area contributed by atoms with Crippen molar-refractivity contribution in [3.05, 3.63) is 64.2 Å². The molecule has 3 rings (SSSR count). The molecule has 100 valence electrons. The molecule has 20 heavy (non-hydrogen) atoms. The molecule has 0 aliphatic carbocycles. The van der Waals surface area contributed by atoms with Gasteiger partial charge in [0.05, 0.1) is 17.6 Å². The molecule has 0 bridgehead atoms. The van der Waals surface area contributed by atoms with E-state index in [1.165, 1.54) is 0 Å². The number of rotatable bonds is 2. The molecule has 0 atom stereocenters. The number of nitrogens with zero attached hydrogens (tertiary/aromatic N) is 2. The largest absolute Gasteiger partial charge is 0.396 e. The van der Waals surface area contributed by atoms with Crippen LogP contribution in [0.3, 0.4) is 0 Å². The summed E-state index contributed by atoms with van der Waals surface area (Å²) in [6, 6.07) is 15.4. The van der Waals surface area contributed by atoms with E-state index in [-0.39, 0.29) is 0 Å². The van der Waals surface area contributed by atoms with Crippen LogP contribution in [-0.2, 0) is 0 Å². The van der Waals surface area contributed by atoms with Crippen LogP contribution in [0.4, 0.5) is 5.69 Å². The van der Waals surface area contributed by atoms with Crippen LogP contribution >= 0.6 is 27.5 Å². The zero-order valence-corrected chi connectivity index (χ0v) is 12.8. The van der Waals surface area contributed by atoms with Crippen LogP contribution < -0.4 is 5.73 Å². The van der Waals surface area contributed by atoms with Crippen molar-refractivity contribution in [3.8, 4) is 16.9 Å². The van der Waals surface area contributed by atoms with Gasteiger partial charge in [-0.15, -0.1) is 0 Å². The summed E-state index contributed by atoms with van der Waals surface area (Å²) in [5.41, 5.74) is 9.35. The predicted octanol–water partition coefficient (Wildman–Crippen LogP) is 4.54. The second-order valence-electron chi connectivity index (χ2n) is 4.36. The molecule has 3 aromatic rings. The first-order valence-electron chi connectivity index (χ1n) is 6.00. The highest BCUT2D eigenvalue weighted by Crippen LogP contribution is 2.26. The minimum atomic E-state index is 0.634. The molecule has 0 spiro atoms. The van der Waals surface area contributed by atoms with E-state index in [2.05, 4.69) is 21.0 Å². The molecule has 1 heterocycles. The van der Waals surface area contributed by atoms with Crippen molar-refractivity contribution in [1.82, 2.24) is 9.78 Å². The van der Waals surface area contributed by atoms with Gasteiger partial charge < -0.3 is 5.73 Å². The predicted molar refractivity (Wildman–Crippen MR) is 86.1 cm³/mol. The van der Waals surface area contributed by atoms with Crippen molar-refractivity contribution in [3.63, 3.8) is 0 Å². The number of halogens is 2. The number of hydrogen-bond acceptors (Lipinski definition) is 2. The number of anilines is 1. The highest BCUT2D eigenvalue weighted by atomic mass is 79.9. The van der Waals surface area contributed by atoms with Gasteiger partial charge in [0.2, 0.25) is 0 Å². The maximum absolute atomic E-state index is 6.05. The fraction of sp³-hybridized carbons (Fsp3) is 0. The number of nitrogen functional groups attached to an aromatic ring is 1. The Bertz CT molecular complexity index is 733.